The number of hydrogen-bond donors (Lipinski definition) is 3. The number of phosphoric ester groups is 2. The van der Waals surface area contributed by atoms with Crippen molar-refractivity contribution in [3.05, 3.63) is 0 Å². The van der Waals surface area contributed by atoms with Gasteiger partial charge >= 0.3 is 39.5 Å². The Kier molecular flexibility index (Phi) is 61.4. The van der Waals surface area contributed by atoms with Crippen LogP contribution in [0.25, 0.3) is 0 Å². The number of carbonyl (C=O) groups excluding carboxylic acids is 4. The molecule has 87 heavy (non-hydrogen) atoms. The summed E-state index contributed by atoms with van der Waals surface area (Å²) in [5.41, 5.74) is 0. The number of aliphatic hydroxyl groups is 1. The molecule has 0 radical (unpaired) electrons. The fourth-order valence-electron chi connectivity index (χ4n) is 10.3. The Morgan fingerprint density at radius 3 is 0.678 bits per heavy atom. The second-order valence-corrected chi connectivity index (χ2v) is 27.5. The Morgan fingerprint density at radius 1 is 0.276 bits per heavy atom. The van der Waals surface area contributed by atoms with Gasteiger partial charge in [-0.05, 0) is 25.7 Å². The minimum Gasteiger partial charge on any atom is -0.462 e. The van der Waals surface area contributed by atoms with Crippen LogP contribution in [0.3, 0.4) is 0 Å². The van der Waals surface area contributed by atoms with Gasteiger partial charge in [-0.25, -0.2) is 9.13 Å². The van der Waals surface area contributed by atoms with Crippen molar-refractivity contribution >= 4 is 39.5 Å². The molecule has 3 N–H and O–H groups in total. The van der Waals surface area contributed by atoms with E-state index in [9.17, 15) is 43.2 Å². The second kappa shape index (κ2) is 62.8. The zero-order valence-corrected chi connectivity index (χ0v) is 57.8. The van der Waals surface area contributed by atoms with Crippen molar-refractivity contribution in [2.45, 2.75) is 373 Å². The summed E-state index contributed by atoms with van der Waals surface area (Å²) in [6.07, 6.45) is 49.8. The van der Waals surface area contributed by atoms with E-state index in [1.165, 1.54) is 180 Å². The number of rotatable bonds is 69. The molecule has 0 aromatic carbocycles. The summed E-state index contributed by atoms with van der Waals surface area (Å²) in [7, 11) is -9.89. The van der Waals surface area contributed by atoms with E-state index < -0.39 is 97.5 Å². The lowest BCUT2D eigenvalue weighted by atomic mass is 10.0. The van der Waals surface area contributed by atoms with Crippen LogP contribution in [0, 0.1) is 0 Å². The van der Waals surface area contributed by atoms with Gasteiger partial charge in [-0.3, -0.25) is 37.3 Å². The van der Waals surface area contributed by atoms with Gasteiger partial charge in [0.25, 0.3) is 0 Å². The smallest absolute Gasteiger partial charge is 0.462 e. The molecule has 17 nitrogen and oxygen atoms in total. The quantitative estimate of drug-likeness (QED) is 0.0222. The van der Waals surface area contributed by atoms with Crippen LogP contribution in [-0.4, -0.2) is 96.7 Å². The number of ether oxygens (including phenoxy) is 4. The molecule has 0 aromatic heterocycles. The summed E-state index contributed by atoms with van der Waals surface area (Å²) >= 11 is 0. The summed E-state index contributed by atoms with van der Waals surface area (Å²) in [5.74, 6) is -2.12. The van der Waals surface area contributed by atoms with Gasteiger partial charge in [-0.2, -0.15) is 0 Å². The predicted molar refractivity (Wildman–Crippen MR) is 349 cm³/mol. The van der Waals surface area contributed by atoms with Crippen molar-refractivity contribution in [2.24, 2.45) is 0 Å². The van der Waals surface area contributed by atoms with Gasteiger partial charge in [-0.1, -0.05) is 304 Å². The molecule has 0 saturated heterocycles. The molecule has 516 valence electrons. The van der Waals surface area contributed by atoms with E-state index in [0.29, 0.717) is 25.7 Å². The van der Waals surface area contributed by atoms with Crippen LogP contribution in [0.15, 0.2) is 0 Å². The maximum atomic E-state index is 13.0. The van der Waals surface area contributed by atoms with E-state index in [1.54, 1.807) is 0 Å². The molecule has 0 aromatic rings. The Hall–Kier alpha value is -1.94. The minimum absolute atomic E-state index is 0.108. The highest BCUT2D eigenvalue weighted by Gasteiger charge is 2.30. The minimum atomic E-state index is -4.95. The highest BCUT2D eigenvalue weighted by Crippen LogP contribution is 2.45. The Balaban J connectivity index is 5.21. The highest BCUT2D eigenvalue weighted by atomic mass is 31.2. The van der Waals surface area contributed by atoms with E-state index in [2.05, 4.69) is 27.7 Å². The van der Waals surface area contributed by atoms with Gasteiger partial charge in [0.05, 0.1) is 26.4 Å². The van der Waals surface area contributed by atoms with Crippen molar-refractivity contribution in [1.82, 2.24) is 0 Å². The molecule has 0 saturated carbocycles. The molecule has 0 spiro atoms. The number of phosphoric acid groups is 2. The summed E-state index contributed by atoms with van der Waals surface area (Å²) in [5, 5.41) is 10.6. The first-order chi connectivity index (χ1) is 42.2. The average molecular weight is 1280 g/mol. The largest absolute Gasteiger partial charge is 0.472 e. The van der Waals surface area contributed by atoms with Crippen molar-refractivity contribution in [3.8, 4) is 0 Å². The first kappa shape index (κ1) is 85.1. The third kappa shape index (κ3) is 62.6. The number of carbonyl (C=O) groups is 4. The maximum Gasteiger partial charge on any atom is 0.472 e. The molecule has 0 aliphatic rings. The molecule has 2 unspecified atom stereocenters. The van der Waals surface area contributed by atoms with Crippen LogP contribution in [0.5, 0.6) is 0 Å². The molecule has 5 atom stereocenters. The summed E-state index contributed by atoms with van der Waals surface area (Å²) in [4.78, 5) is 72.4. The molecule has 19 heteroatoms. The van der Waals surface area contributed by atoms with Crippen molar-refractivity contribution in [3.63, 3.8) is 0 Å². The molecule has 0 aliphatic carbocycles. The number of aliphatic hydroxyl groups excluding tert-OH is 1. The fourth-order valence-corrected chi connectivity index (χ4v) is 11.9. The Bertz CT molecular complexity index is 1670. The van der Waals surface area contributed by atoms with Crippen molar-refractivity contribution < 1.29 is 80.2 Å². The second-order valence-electron chi connectivity index (χ2n) is 24.6. The van der Waals surface area contributed by atoms with Gasteiger partial charge in [0.1, 0.15) is 19.3 Å². The van der Waals surface area contributed by atoms with Crippen molar-refractivity contribution in [1.29, 1.82) is 0 Å². The van der Waals surface area contributed by atoms with Gasteiger partial charge < -0.3 is 33.8 Å². The third-order valence-corrected chi connectivity index (χ3v) is 17.8. The van der Waals surface area contributed by atoms with E-state index in [0.717, 1.165) is 96.3 Å². The van der Waals surface area contributed by atoms with Crippen LogP contribution < -0.4 is 0 Å². The molecule has 0 amide bonds. The third-order valence-electron chi connectivity index (χ3n) is 15.9. The maximum absolute atomic E-state index is 13.0. The zero-order chi connectivity index (χ0) is 64.0. The standard InChI is InChI=1S/C68H132O17P2/c1-5-9-13-17-21-25-28-31-33-36-39-43-47-51-55-68(73)84-63(58-78-65(70)52-48-44-40-24-20-16-12-8-4)60-82-86(74,75)80-56-62(69)57-81-87(76,77)83-61-64(85-67(72)54-50-46-42-38-34-30-27-23-19-15-11-7-3)59-79-66(71)53-49-45-41-37-35-32-29-26-22-18-14-10-6-2/h62-64,69H,5-61H2,1-4H3,(H,74,75)(H,76,77)/t62-,63-,64-/m1/s1. The molecule has 0 bridgehead atoms. The first-order valence-electron chi connectivity index (χ1n) is 35.8. The Labute approximate surface area is 530 Å². The Morgan fingerprint density at radius 2 is 0.460 bits per heavy atom. The molecule has 0 rings (SSSR count). The molecular formula is C68H132O17P2. The summed E-state index contributed by atoms with van der Waals surface area (Å²) in [6.45, 7) is 4.91. The first-order valence-corrected chi connectivity index (χ1v) is 38.8. The normalized spacial score (nSPS) is 14.1. The van der Waals surface area contributed by atoms with E-state index in [1.807, 2.05) is 0 Å². The predicted octanol–water partition coefficient (Wildman–Crippen LogP) is 19.5. The topological polar surface area (TPSA) is 237 Å². The molecule has 0 fully saturated rings. The van der Waals surface area contributed by atoms with Crippen LogP contribution in [0.1, 0.15) is 355 Å². The zero-order valence-electron chi connectivity index (χ0n) is 56.0. The lowest BCUT2D eigenvalue weighted by Crippen LogP contribution is -2.30. The number of hydrogen-bond acceptors (Lipinski definition) is 15. The van der Waals surface area contributed by atoms with Gasteiger partial charge in [-0.15, -0.1) is 0 Å². The monoisotopic (exact) mass is 1280 g/mol. The average Bonchev–Trinajstić information content (AvgIpc) is 3.71. The SMILES string of the molecule is CCCCCCCCCCCCCCCCC(=O)O[C@H](COC(=O)CCCCCCCCCC)COP(=O)(O)OC[C@@H](O)COP(=O)(O)OC[C@@H](COC(=O)CCCCCCCCCCCCCCC)OC(=O)CCCCCCCCCCCCCC. The van der Waals surface area contributed by atoms with Crippen molar-refractivity contribution in [2.75, 3.05) is 39.6 Å². The van der Waals surface area contributed by atoms with Crippen LogP contribution in [-0.2, 0) is 65.4 Å². The highest BCUT2D eigenvalue weighted by molar-refractivity contribution is 7.47. The van der Waals surface area contributed by atoms with E-state index in [-0.39, 0.29) is 25.7 Å². The summed E-state index contributed by atoms with van der Waals surface area (Å²) < 4.78 is 68.2. The number of unbranched alkanes of at least 4 members (excludes halogenated alkanes) is 43. The molecule has 0 heterocycles. The molecule has 0 aliphatic heterocycles. The lowest BCUT2D eigenvalue weighted by Gasteiger charge is -2.21. The van der Waals surface area contributed by atoms with Crippen LogP contribution in [0.4, 0.5) is 0 Å². The van der Waals surface area contributed by atoms with Crippen LogP contribution in [0.2, 0.25) is 0 Å². The van der Waals surface area contributed by atoms with Gasteiger partial charge in [0.2, 0.25) is 0 Å². The van der Waals surface area contributed by atoms with Gasteiger partial charge in [0.15, 0.2) is 12.2 Å². The number of esters is 4. The fraction of sp³-hybridized carbons (Fsp3) is 0.941. The molecular weight excluding hydrogens is 1150 g/mol. The van der Waals surface area contributed by atoms with E-state index in [4.69, 9.17) is 37.0 Å². The van der Waals surface area contributed by atoms with Crippen LogP contribution >= 0.6 is 15.6 Å². The van der Waals surface area contributed by atoms with E-state index >= 15 is 0 Å². The lowest BCUT2D eigenvalue weighted by molar-refractivity contribution is -0.161. The summed E-state index contributed by atoms with van der Waals surface area (Å²) in [6, 6.07) is 0. The van der Waals surface area contributed by atoms with Gasteiger partial charge in [0, 0.05) is 25.7 Å².